The maximum absolute atomic E-state index is 12.1. The molecule has 3 rings (SSSR count). The van der Waals surface area contributed by atoms with Gasteiger partial charge in [0.25, 0.3) is 5.91 Å². The van der Waals surface area contributed by atoms with E-state index in [9.17, 15) is 9.59 Å². The van der Waals surface area contributed by atoms with Gasteiger partial charge in [-0.25, -0.2) is 4.79 Å². The Balaban J connectivity index is 1.69. The normalized spacial score (nSPS) is 17.2. The third-order valence-corrected chi connectivity index (χ3v) is 4.19. The van der Waals surface area contributed by atoms with Gasteiger partial charge in [0.15, 0.2) is 6.61 Å². The molecule has 1 unspecified atom stereocenters. The summed E-state index contributed by atoms with van der Waals surface area (Å²) in [6, 6.07) is 5.10. The van der Waals surface area contributed by atoms with Crippen LogP contribution in [-0.2, 0) is 20.7 Å². The average molecular weight is 361 g/mol. The highest BCUT2D eigenvalue weighted by atomic mass is 16.6. The summed E-state index contributed by atoms with van der Waals surface area (Å²) >= 11 is 0. The molecule has 0 aliphatic carbocycles. The van der Waals surface area contributed by atoms with E-state index in [1.54, 1.807) is 6.07 Å². The number of carbonyl (C=O) groups is 1. The number of amides is 1. The van der Waals surface area contributed by atoms with Crippen molar-refractivity contribution in [3.05, 3.63) is 39.7 Å². The van der Waals surface area contributed by atoms with Gasteiger partial charge in [-0.15, -0.1) is 0 Å². The smallest absolute Gasteiger partial charge is 0.336 e. The number of ether oxygens (including phenoxy) is 3. The summed E-state index contributed by atoms with van der Waals surface area (Å²) in [5.74, 6) is 0.289. The maximum Gasteiger partial charge on any atom is 0.336 e. The lowest BCUT2D eigenvalue weighted by Gasteiger charge is -2.23. The van der Waals surface area contributed by atoms with Gasteiger partial charge in [0, 0.05) is 12.6 Å². The molecule has 2 heterocycles. The van der Waals surface area contributed by atoms with Crippen molar-refractivity contribution in [3.63, 3.8) is 0 Å². The quantitative estimate of drug-likeness (QED) is 0.786. The SMILES string of the molecule is CCc1cc(=O)oc2cc(C)cc(OCC(=O)NCC3COCCO3)c12. The first-order valence-corrected chi connectivity index (χ1v) is 8.73. The molecular weight excluding hydrogens is 338 g/mol. The Morgan fingerprint density at radius 1 is 1.31 bits per heavy atom. The lowest BCUT2D eigenvalue weighted by atomic mass is 10.1. The molecule has 26 heavy (non-hydrogen) atoms. The molecule has 0 spiro atoms. The minimum atomic E-state index is -0.390. The summed E-state index contributed by atoms with van der Waals surface area (Å²) in [7, 11) is 0. The van der Waals surface area contributed by atoms with Crippen molar-refractivity contribution in [1.82, 2.24) is 5.32 Å². The van der Waals surface area contributed by atoms with Crippen molar-refractivity contribution < 1.29 is 23.4 Å². The van der Waals surface area contributed by atoms with E-state index in [4.69, 9.17) is 18.6 Å². The number of hydrogen-bond acceptors (Lipinski definition) is 6. The molecule has 1 aliphatic rings. The van der Waals surface area contributed by atoms with Crippen LogP contribution in [0.4, 0.5) is 0 Å². The van der Waals surface area contributed by atoms with Gasteiger partial charge in [0.1, 0.15) is 11.3 Å². The van der Waals surface area contributed by atoms with Crippen molar-refractivity contribution in [2.24, 2.45) is 0 Å². The molecule has 140 valence electrons. The van der Waals surface area contributed by atoms with Gasteiger partial charge < -0.3 is 23.9 Å². The first kappa shape index (κ1) is 18.4. The largest absolute Gasteiger partial charge is 0.483 e. The Morgan fingerprint density at radius 3 is 2.88 bits per heavy atom. The van der Waals surface area contributed by atoms with Crippen LogP contribution >= 0.6 is 0 Å². The highest BCUT2D eigenvalue weighted by Crippen LogP contribution is 2.30. The van der Waals surface area contributed by atoms with Gasteiger partial charge in [-0.1, -0.05) is 6.92 Å². The summed E-state index contributed by atoms with van der Waals surface area (Å²) in [6.45, 7) is 5.69. The van der Waals surface area contributed by atoms with E-state index in [2.05, 4.69) is 5.32 Å². The van der Waals surface area contributed by atoms with Crippen LogP contribution in [0.3, 0.4) is 0 Å². The molecule has 1 aromatic carbocycles. The van der Waals surface area contributed by atoms with E-state index in [0.29, 0.717) is 44.1 Å². The standard InChI is InChI=1S/C19H23NO6/c1-3-13-8-18(22)26-16-7-12(2)6-15(19(13)16)25-11-17(21)20-9-14-10-23-4-5-24-14/h6-8,14H,3-5,9-11H2,1-2H3,(H,20,21). The van der Waals surface area contributed by atoms with Crippen LogP contribution in [0, 0.1) is 6.92 Å². The number of nitrogens with one attached hydrogen (secondary N) is 1. The first-order chi connectivity index (χ1) is 12.6. The Labute approximate surface area is 151 Å². The molecule has 1 N–H and O–H groups in total. The second-order valence-electron chi connectivity index (χ2n) is 6.24. The molecule has 1 saturated heterocycles. The molecule has 0 radical (unpaired) electrons. The Bertz CT molecular complexity index is 838. The van der Waals surface area contributed by atoms with E-state index >= 15 is 0 Å². The highest BCUT2D eigenvalue weighted by molar-refractivity contribution is 5.88. The summed E-state index contributed by atoms with van der Waals surface area (Å²) in [4.78, 5) is 23.8. The molecule has 1 amide bonds. The molecule has 1 atom stereocenters. The number of benzene rings is 1. The molecule has 2 aromatic rings. The van der Waals surface area contributed by atoms with Gasteiger partial charge in [0.05, 0.1) is 31.3 Å². The average Bonchev–Trinajstić information content (AvgIpc) is 2.64. The first-order valence-electron chi connectivity index (χ1n) is 8.73. The van der Waals surface area contributed by atoms with Crippen LogP contribution in [0.5, 0.6) is 5.75 Å². The number of fused-ring (bicyclic) bond motifs is 1. The predicted octanol–water partition coefficient (Wildman–Crippen LogP) is 1.57. The summed E-state index contributed by atoms with van der Waals surface area (Å²) in [5, 5.41) is 3.51. The number of rotatable bonds is 6. The second-order valence-corrected chi connectivity index (χ2v) is 6.24. The van der Waals surface area contributed by atoms with Crippen LogP contribution in [0.2, 0.25) is 0 Å². The molecule has 1 fully saturated rings. The van der Waals surface area contributed by atoms with Gasteiger partial charge in [-0.2, -0.15) is 0 Å². The number of hydrogen-bond donors (Lipinski definition) is 1. The van der Waals surface area contributed by atoms with Crippen molar-refractivity contribution >= 4 is 16.9 Å². The minimum Gasteiger partial charge on any atom is -0.483 e. The molecule has 7 nitrogen and oxygen atoms in total. The fourth-order valence-corrected chi connectivity index (χ4v) is 2.94. The van der Waals surface area contributed by atoms with Crippen LogP contribution in [0.1, 0.15) is 18.1 Å². The van der Waals surface area contributed by atoms with Crippen molar-refractivity contribution in [2.45, 2.75) is 26.4 Å². The fourth-order valence-electron chi connectivity index (χ4n) is 2.94. The monoisotopic (exact) mass is 361 g/mol. The molecule has 7 heteroatoms. The summed E-state index contributed by atoms with van der Waals surface area (Å²) in [6.07, 6.45) is 0.528. The third kappa shape index (κ3) is 4.42. The Morgan fingerprint density at radius 2 is 2.15 bits per heavy atom. The van der Waals surface area contributed by atoms with Crippen LogP contribution < -0.4 is 15.7 Å². The van der Waals surface area contributed by atoms with Gasteiger partial charge >= 0.3 is 5.63 Å². The molecule has 0 saturated carbocycles. The zero-order valence-electron chi connectivity index (χ0n) is 15.0. The van der Waals surface area contributed by atoms with Gasteiger partial charge in [-0.3, -0.25) is 4.79 Å². The molecule has 1 aliphatic heterocycles. The van der Waals surface area contributed by atoms with Crippen molar-refractivity contribution in [3.8, 4) is 5.75 Å². The van der Waals surface area contributed by atoms with Gasteiger partial charge in [0.2, 0.25) is 0 Å². The van der Waals surface area contributed by atoms with E-state index < -0.39 is 5.63 Å². The summed E-state index contributed by atoms with van der Waals surface area (Å²) < 4.78 is 21.8. The zero-order valence-corrected chi connectivity index (χ0v) is 15.0. The predicted molar refractivity (Wildman–Crippen MR) is 95.7 cm³/mol. The molecule has 1 aromatic heterocycles. The number of aryl methyl sites for hydroxylation is 2. The Hall–Kier alpha value is -2.38. The van der Waals surface area contributed by atoms with Gasteiger partial charge in [-0.05, 0) is 36.6 Å². The van der Waals surface area contributed by atoms with E-state index in [1.165, 1.54) is 6.07 Å². The van der Waals surface area contributed by atoms with E-state index in [1.807, 2.05) is 19.9 Å². The van der Waals surface area contributed by atoms with E-state index in [0.717, 1.165) is 16.5 Å². The zero-order chi connectivity index (χ0) is 18.5. The highest BCUT2D eigenvalue weighted by Gasteiger charge is 2.16. The third-order valence-electron chi connectivity index (χ3n) is 4.19. The lowest BCUT2D eigenvalue weighted by Crippen LogP contribution is -2.41. The Kier molecular flexibility index (Phi) is 5.90. The van der Waals surface area contributed by atoms with Crippen molar-refractivity contribution in [2.75, 3.05) is 33.0 Å². The topological polar surface area (TPSA) is 87.0 Å². The molecule has 0 bridgehead atoms. The lowest BCUT2D eigenvalue weighted by molar-refractivity contribution is -0.125. The molecular formula is C19H23NO6. The summed E-state index contributed by atoms with van der Waals surface area (Å²) in [5.41, 5.74) is 1.80. The van der Waals surface area contributed by atoms with Crippen molar-refractivity contribution in [1.29, 1.82) is 0 Å². The van der Waals surface area contributed by atoms with E-state index in [-0.39, 0.29) is 18.6 Å². The fraction of sp³-hybridized carbons (Fsp3) is 0.474. The minimum absolute atomic E-state index is 0.131. The van der Waals surface area contributed by atoms with Crippen LogP contribution in [0.15, 0.2) is 27.4 Å². The van der Waals surface area contributed by atoms with Crippen LogP contribution in [0.25, 0.3) is 11.0 Å². The van der Waals surface area contributed by atoms with Crippen LogP contribution in [-0.4, -0.2) is 45.0 Å². The number of carbonyl (C=O) groups excluding carboxylic acids is 1. The second kappa shape index (κ2) is 8.33. The maximum atomic E-state index is 12.1.